The van der Waals surface area contributed by atoms with Crippen molar-refractivity contribution in [1.29, 1.82) is 0 Å². The van der Waals surface area contributed by atoms with Gasteiger partial charge in [0.05, 0.1) is 0 Å². The Morgan fingerprint density at radius 2 is 1.92 bits per heavy atom. The number of hydrogen-bond acceptors (Lipinski definition) is 0. The van der Waals surface area contributed by atoms with E-state index in [2.05, 4.69) is 76.9 Å². The van der Waals surface area contributed by atoms with Gasteiger partial charge in [0.15, 0.2) is 0 Å². The van der Waals surface area contributed by atoms with Gasteiger partial charge < -0.3 is 0 Å². The Hall–Kier alpha value is -0.440. The van der Waals surface area contributed by atoms with Crippen LogP contribution in [0.5, 0.6) is 0 Å². The predicted octanol–water partition coefficient (Wildman–Crippen LogP) is 8.21. The third kappa shape index (κ3) is 8.66. The van der Waals surface area contributed by atoms with E-state index in [1.165, 1.54) is 50.5 Å². The number of unbranched alkanes of at least 4 members (excludes halogenated alkanes) is 3. The van der Waals surface area contributed by atoms with Gasteiger partial charge in [0.1, 0.15) is 0 Å². The van der Waals surface area contributed by atoms with E-state index >= 15 is 0 Å². The molecule has 0 heterocycles. The van der Waals surface area contributed by atoms with Crippen LogP contribution in [-0.2, 0) is 0 Å². The summed E-state index contributed by atoms with van der Waals surface area (Å²) in [6.07, 6.45) is 18.5. The summed E-state index contributed by atoms with van der Waals surface area (Å²) >= 11 is -1.73. The topological polar surface area (TPSA) is 0 Å². The van der Waals surface area contributed by atoms with Crippen molar-refractivity contribution >= 4 is 22.0 Å². The van der Waals surface area contributed by atoms with E-state index in [4.69, 9.17) is 0 Å². The molecule has 0 aromatic rings. The quantitative estimate of drug-likeness (QED) is 0.149. The van der Waals surface area contributed by atoms with Gasteiger partial charge in [-0.05, 0) is 0 Å². The fourth-order valence-electron chi connectivity index (χ4n) is 3.46. The summed E-state index contributed by atoms with van der Waals surface area (Å²) < 4.78 is 5.14. The molecular weight excluding hydrogens is 415 g/mol. The zero-order chi connectivity index (χ0) is 18.9. The molecule has 0 nitrogen and oxygen atoms in total. The Labute approximate surface area is 161 Å². The van der Waals surface area contributed by atoms with Crippen molar-refractivity contribution in [3.8, 4) is 0 Å². The maximum absolute atomic E-state index is 2.64. The van der Waals surface area contributed by atoms with Gasteiger partial charge in [-0.3, -0.25) is 0 Å². The van der Waals surface area contributed by atoms with Crippen molar-refractivity contribution < 1.29 is 0 Å². The molecule has 0 bridgehead atoms. The summed E-state index contributed by atoms with van der Waals surface area (Å²) in [5, 5.41) is 0. The van der Waals surface area contributed by atoms with Crippen LogP contribution in [0.25, 0.3) is 0 Å². The number of allylic oxidation sites excluding steroid dienone is 7. The van der Waals surface area contributed by atoms with Crippen LogP contribution in [0.4, 0.5) is 0 Å². The first-order valence-electron chi connectivity index (χ1n) is 9.88. The molecule has 1 aliphatic carbocycles. The fraction of sp³-hybridized carbons (Fsp3) is 0.625. The third-order valence-corrected chi connectivity index (χ3v) is 10.3. The molecule has 144 valence electrons. The van der Waals surface area contributed by atoms with Crippen LogP contribution in [0.2, 0.25) is 0 Å². The van der Waals surface area contributed by atoms with Crippen LogP contribution >= 0.6 is 18.0 Å². The number of alkyl halides is 2. The Kier molecular flexibility index (Phi) is 9.62. The molecule has 0 N–H and O–H groups in total. The molecule has 0 unspecified atom stereocenters. The normalized spacial score (nSPS) is 19.9. The van der Waals surface area contributed by atoms with E-state index in [0.29, 0.717) is 5.41 Å². The monoisotopic (exact) mass is 456 g/mol. The Balaban J connectivity index is 2.72. The van der Waals surface area contributed by atoms with E-state index in [0.717, 1.165) is 0 Å². The first-order chi connectivity index (χ1) is 11.7. The summed E-state index contributed by atoms with van der Waals surface area (Å²) in [5.74, 6) is 0. The molecule has 0 aromatic heterocycles. The molecule has 1 rings (SSSR count). The van der Waals surface area contributed by atoms with Gasteiger partial charge in [-0.25, -0.2) is 0 Å². The van der Waals surface area contributed by atoms with Gasteiger partial charge in [-0.1, -0.05) is 0 Å². The average molecular weight is 456 g/mol. The van der Waals surface area contributed by atoms with Gasteiger partial charge >= 0.3 is 162 Å². The van der Waals surface area contributed by atoms with Crippen LogP contribution < -0.4 is 0 Å². The van der Waals surface area contributed by atoms with E-state index in [1.54, 1.807) is 11.1 Å². The molecule has 0 amide bonds. The molecule has 0 saturated carbocycles. The third-order valence-electron chi connectivity index (χ3n) is 5.13. The summed E-state index contributed by atoms with van der Waals surface area (Å²) in [5.41, 5.74) is 4.81. The second kappa shape index (κ2) is 10.6. The van der Waals surface area contributed by atoms with E-state index in [1.807, 2.05) is 0 Å². The Morgan fingerprint density at radius 1 is 1.20 bits per heavy atom. The van der Waals surface area contributed by atoms with Crippen molar-refractivity contribution in [2.24, 2.45) is 5.41 Å². The van der Waals surface area contributed by atoms with Gasteiger partial charge in [0, 0.05) is 0 Å². The Morgan fingerprint density at radius 3 is 2.56 bits per heavy atom. The summed E-state index contributed by atoms with van der Waals surface area (Å²) in [6.45, 7) is 11.6. The molecule has 25 heavy (non-hydrogen) atoms. The molecule has 0 aliphatic heterocycles. The summed E-state index contributed by atoms with van der Waals surface area (Å²) in [4.78, 5) is 4.96. The van der Waals surface area contributed by atoms with Crippen molar-refractivity contribution in [1.82, 2.24) is 0 Å². The van der Waals surface area contributed by atoms with Crippen LogP contribution in [0.3, 0.4) is 0 Å². The van der Waals surface area contributed by atoms with Crippen LogP contribution in [-0.4, -0.2) is 13.9 Å². The van der Waals surface area contributed by atoms with Crippen molar-refractivity contribution in [3.63, 3.8) is 0 Å². The Bertz CT molecular complexity index is 588. The van der Waals surface area contributed by atoms with E-state index in [9.17, 15) is 0 Å². The zero-order valence-electron chi connectivity index (χ0n) is 17.8. The van der Waals surface area contributed by atoms with Gasteiger partial charge in [-0.2, -0.15) is 0 Å². The minimum absolute atomic E-state index is 0.333. The SMILES string of the molecule is CCCCCC=I(C)(C)/C=C/C=C(C)/C=C/C1=C(C)CCCC1(C)C. The van der Waals surface area contributed by atoms with E-state index in [-0.39, 0.29) is 0 Å². The van der Waals surface area contributed by atoms with Crippen LogP contribution in [0.1, 0.15) is 79.6 Å². The van der Waals surface area contributed by atoms with Crippen molar-refractivity contribution in [2.45, 2.75) is 79.6 Å². The summed E-state index contributed by atoms with van der Waals surface area (Å²) in [6, 6.07) is 0. The molecule has 1 aliphatic rings. The first-order valence-corrected chi connectivity index (χ1v) is 16.7. The zero-order valence-corrected chi connectivity index (χ0v) is 19.9. The second-order valence-electron chi connectivity index (χ2n) is 8.52. The molecule has 0 saturated heterocycles. The minimum atomic E-state index is -1.73. The molecule has 0 spiro atoms. The average Bonchev–Trinajstić information content (AvgIpc) is 2.50. The number of hydrogen-bond donors (Lipinski definition) is 0. The predicted molar refractivity (Wildman–Crippen MR) is 128 cm³/mol. The first kappa shape index (κ1) is 22.6. The molecule has 0 fully saturated rings. The van der Waals surface area contributed by atoms with Crippen molar-refractivity contribution in [2.75, 3.05) is 9.86 Å². The maximum atomic E-state index is 2.64. The van der Waals surface area contributed by atoms with Gasteiger partial charge in [0.25, 0.3) is 0 Å². The van der Waals surface area contributed by atoms with Gasteiger partial charge in [-0.15, -0.1) is 0 Å². The fourth-order valence-corrected chi connectivity index (χ4v) is 7.08. The summed E-state index contributed by atoms with van der Waals surface area (Å²) in [7, 11) is 0. The number of halogens is 1. The van der Waals surface area contributed by atoms with Crippen LogP contribution in [0, 0.1) is 5.41 Å². The van der Waals surface area contributed by atoms with E-state index < -0.39 is 18.0 Å². The molecular formula is C24H41I. The molecule has 0 aromatic carbocycles. The van der Waals surface area contributed by atoms with Gasteiger partial charge in [0.2, 0.25) is 0 Å². The standard InChI is InChI=1S/C24H41I/c1-8-9-10-11-19-25(6,7)20-13-14-21(2)16-17-23-22(3)15-12-18-24(23,4)5/h13-14,16-17,19-20H,8-12,15,18H2,1-7H3/b17-16+,20-13+,21-14+. The molecule has 1 heteroatoms. The van der Waals surface area contributed by atoms with Crippen LogP contribution in [0.15, 0.2) is 45.1 Å². The van der Waals surface area contributed by atoms with Crippen molar-refractivity contribution in [3.05, 3.63) is 45.1 Å². The number of rotatable bonds is 8. The molecule has 0 radical (unpaired) electrons. The second-order valence-corrected chi connectivity index (χ2v) is 18.0. The molecule has 0 atom stereocenters.